The third-order valence-electron chi connectivity index (χ3n) is 3.33. The fourth-order valence-corrected chi connectivity index (χ4v) is 2.89. The van der Waals surface area contributed by atoms with Gasteiger partial charge in [-0.25, -0.2) is 4.39 Å². The van der Waals surface area contributed by atoms with Crippen molar-refractivity contribution < 1.29 is 9.50 Å². The Morgan fingerprint density at radius 3 is 2.35 bits per heavy atom. The van der Waals surface area contributed by atoms with Gasteiger partial charge in [0.25, 0.3) is 0 Å². The standard InChI is InChI=1S/C16H17BrFNO/c1-10(13-5-3-4-6-15(13)17)19-11(2)14-8-7-12(18)9-16(14)20/h3-11,19-20H,1-2H3/t10-,11?/m0/s1. The highest BCUT2D eigenvalue weighted by Gasteiger charge is 2.15. The molecule has 0 heterocycles. The zero-order chi connectivity index (χ0) is 14.7. The highest BCUT2D eigenvalue weighted by atomic mass is 79.9. The normalized spacial score (nSPS) is 14.0. The highest BCUT2D eigenvalue weighted by Crippen LogP contribution is 2.29. The van der Waals surface area contributed by atoms with Crippen molar-refractivity contribution in [3.63, 3.8) is 0 Å². The minimum atomic E-state index is -0.433. The minimum absolute atomic E-state index is 0.0238. The molecule has 0 spiro atoms. The van der Waals surface area contributed by atoms with Crippen molar-refractivity contribution in [1.29, 1.82) is 0 Å². The molecule has 1 unspecified atom stereocenters. The third-order valence-corrected chi connectivity index (χ3v) is 4.05. The van der Waals surface area contributed by atoms with Gasteiger partial charge in [0, 0.05) is 28.2 Å². The molecule has 0 bridgehead atoms. The first-order chi connectivity index (χ1) is 9.49. The van der Waals surface area contributed by atoms with Gasteiger partial charge in [-0.1, -0.05) is 40.2 Å². The number of aromatic hydroxyl groups is 1. The molecule has 2 N–H and O–H groups in total. The zero-order valence-corrected chi connectivity index (χ0v) is 13.0. The second-order valence-corrected chi connectivity index (χ2v) is 5.69. The molecule has 106 valence electrons. The van der Waals surface area contributed by atoms with Crippen LogP contribution < -0.4 is 5.32 Å². The molecule has 0 aromatic heterocycles. The summed E-state index contributed by atoms with van der Waals surface area (Å²) in [6, 6.07) is 12.1. The van der Waals surface area contributed by atoms with E-state index < -0.39 is 5.82 Å². The molecule has 0 aliphatic carbocycles. The van der Waals surface area contributed by atoms with Crippen molar-refractivity contribution in [1.82, 2.24) is 5.32 Å². The van der Waals surface area contributed by atoms with E-state index in [2.05, 4.69) is 28.2 Å². The summed E-state index contributed by atoms with van der Waals surface area (Å²) < 4.78 is 14.0. The van der Waals surface area contributed by atoms with Crippen LogP contribution in [-0.4, -0.2) is 5.11 Å². The molecule has 0 amide bonds. The molecule has 2 aromatic carbocycles. The predicted octanol–water partition coefficient (Wildman–Crippen LogP) is 4.71. The predicted molar refractivity (Wildman–Crippen MR) is 82.2 cm³/mol. The molecule has 2 nitrogen and oxygen atoms in total. The lowest BCUT2D eigenvalue weighted by Gasteiger charge is -2.22. The summed E-state index contributed by atoms with van der Waals surface area (Å²) >= 11 is 3.53. The monoisotopic (exact) mass is 337 g/mol. The number of phenols is 1. The van der Waals surface area contributed by atoms with Gasteiger partial charge in [-0.15, -0.1) is 0 Å². The highest BCUT2D eigenvalue weighted by molar-refractivity contribution is 9.10. The molecule has 0 fully saturated rings. The lowest BCUT2D eigenvalue weighted by molar-refractivity contribution is 0.434. The number of halogens is 2. The second-order valence-electron chi connectivity index (χ2n) is 4.83. The van der Waals surface area contributed by atoms with E-state index in [-0.39, 0.29) is 17.8 Å². The maximum atomic E-state index is 13.0. The average molecular weight is 338 g/mol. The van der Waals surface area contributed by atoms with Crippen LogP contribution in [0.4, 0.5) is 4.39 Å². The number of hydrogen-bond donors (Lipinski definition) is 2. The van der Waals surface area contributed by atoms with Crippen LogP contribution in [0.1, 0.15) is 37.1 Å². The molecule has 20 heavy (non-hydrogen) atoms. The van der Waals surface area contributed by atoms with Gasteiger partial charge < -0.3 is 10.4 Å². The van der Waals surface area contributed by atoms with Gasteiger partial charge in [0.2, 0.25) is 0 Å². The van der Waals surface area contributed by atoms with E-state index in [1.165, 1.54) is 6.07 Å². The van der Waals surface area contributed by atoms with E-state index in [1.807, 2.05) is 31.2 Å². The number of hydrogen-bond acceptors (Lipinski definition) is 2. The molecular formula is C16H17BrFNO. The van der Waals surface area contributed by atoms with E-state index in [1.54, 1.807) is 6.07 Å². The molecule has 0 aliphatic heterocycles. The van der Waals surface area contributed by atoms with Crippen LogP contribution in [0, 0.1) is 5.82 Å². The Bertz CT molecular complexity index is 603. The maximum absolute atomic E-state index is 13.0. The summed E-state index contributed by atoms with van der Waals surface area (Å²) in [5.74, 6) is -0.457. The van der Waals surface area contributed by atoms with Gasteiger partial charge in [0.15, 0.2) is 0 Å². The first-order valence-corrected chi connectivity index (χ1v) is 7.27. The lowest BCUT2D eigenvalue weighted by Crippen LogP contribution is -2.22. The Morgan fingerprint density at radius 1 is 1.05 bits per heavy atom. The fourth-order valence-electron chi connectivity index (χ4n) is 2.26. The van der Waals surface area contributed by atoms with Crippen molar-refractivity contribution in [3.8, 4) is 5.75 Å². The first-order valence-electron chi connectivity index (χ1n) is 6.48. The minimum Gasteiger partial charge on any atom is -0.508 e. The zero-order valence-electron chi connectivity index (χ0n) is 11.4. The Kier molecular flexibility index (Phi) is 4.78. The van der Waals surface area contributed by atoms with Crippen molar-refractivity contribution in [2.45, 2.75) is 25.9 Å². The SMILES string of the molecule is CC(N[C@@H](C)c1ccccc1Br)c1ccc(F)cc1O. The largest absolute Gasteiger partial charge is 0.508 e. The molecule has 2 rings (SSSR count). The van der Waals surface area contributed by atoms with Crippen molar-refractivity contribution in [3.05, 3.63) is 63.9 Å². The molecule has 0 aliphatic rings. The molecule has 4 heteroatoms. The summed E-state index contributed by atoms with van der Waals surface area (Å²) in [6.45, 7) is 4.00. The average Bonchev–Trinajstić information content (AvgIpc) is 2.38. The Labute approximate surface area is 126 Å². The second kappa shape index (κ2) is 6.37. The third kappa shape index (κ3) is 3.38. The number of rotatable bonds is 4. The lowest BCUT2D eigenvalue weighted by atomic mass is 10.0. The Morgan fingerprint density at radius 2 is 1.70 bits per heavy atom. The number of nitrogens with one attached hydrogen (secondary N) is 1. The number of phenolic OH excluding ortho intramolecular Hbond substituents is 1. The Balaban J connectivity index is 2.15. The van der Waals surface area contributed by atoms with Gasteiger partial charge in [0.05, 0.1) is 0 Å². The summed E-state index contributed by atoms with van der Waals surface area (Å²) in [7, 11) is 0. The summed E-state index contributed by atoms with van der Waals surface area (Å²) in [5.41, 5.74) is 1.83. The van der Waals surface area contributed by atoms with Crippen molar-refractivity contribution in [2.24, 2.45) is 0 Å². The topological polar surface area (TPSA) is 32.3 Å². The van der Waals surface area contributed by atoms with Gasteiger partial charge in [0.1, 0.15) is 11.6 Å². The van der Waals surface area contributed by atoms with Crippen LogP contribution >= 0.6 is 15.9 Å². The summed E-state index contributed by atoms with van der Waals surface area (Å²) in [4.78, 5) is 0. The summed E-state index contributed by atoms with van der Waals surface area (Å²) in [5, 5.41) is 13.2. The van der Waals surface area contributed by atoms with E-state index >= 15 is 0 Å². The molecule has 0 saturated heterocycles. The van der Waals surface area contributed by atoms with Gasteiger partial charge in [-0.3, -0.25) is 0 Å². The van der Waals surface area contributed by atoms with Crippen LogP contribution in [0.5, 0.6) is 5.75 Å². The van der Waals surface area contributed by atoms with Gasteiger partial charge >= 0.3 is 0 Å². The van der Waals surface area contributed by atoms with Crippen LogP contribution in [0.2, 0.25) is 0 Å². The Hall–Kier alpha value is -1.39. The van der Waals surface area contributed by atoms with Crippen molar-refractivity contribution >= 4 is 15.9 Å². The molecular weight excluding hydrogens is 321 g/mol. The molecule has 0 saturated carbocycles. The van der Waals surface area contributed by atoms with Crippen LogP contribution in [0.15, 0.2) is 46.9 Å². The van der Waals surface area contributed by atoms with Crippen LogP contribution in [0.3, 0.4) is 0 Å². The van der Waals surface area contributed by atoms with E-state index in [0.29, 0.717) is 5.56 Å². The smallest absolute Gasteiger partial charge is 0.126 e. The van der Waals surface area contributed by atoms with Gasteiger partial charge in [-0.05, 0) is 31.5 Å². The van der Waals surface area contributed by atoms with E-state index in [4.69, 9.17) is 0 Å². The number of benzene rings is 2. The van der Waals surface area contributed by atoms with E-state index in [9.17, 15) is 9.50 Å². The van der Waals surface area contributed by atoms with Gasteiger partial charge in [-0.2, -0.15) is 0 Å². The van der Waals surface area contributed by atoms with Crippen molar-refractivity contribution in [2.75, 3.05) is 0 Å². The van der Waals surface area contributed by atoms with E-state index in [0.717, 1.165) is 16.1 Å². The molecule has 0 radical (unpaired) electrons. The van der Waals surface area contributed by atoms with Crippen LogP contribution in [-0.2, 0) is 0 Å². The maximum Gasteiger partial charge on any atom is 0.126 e. The quantitative estimate of drug-likeness (QED) is 0.847. The molecule has 2 atom stereocenters. The summed E-state index contributed by atoms with van der Waals surface area (Å²) in [6.07, 6.45) is 0. The first kappa shape index (κ1) is 15.0. The molecule has 2 aromatic rings. The fraction of sp³-hybridized carbons (Fsp3) is 0.250. The van der Waals surface area contributed by atoms with Crippen LogP contribution in [0.25, 0.3) is 0 Å².